The molecule has 0 aromatic heterocycles. The van der Waals surface area contributed by atoms with E-state index in [0.29, 0.717) is 0 Å². The first kappa shape index (κ1) is 17.4. The Hall–Kier alpha value is -1.96. The standard InChI is InChI=1S/C18H22F2N2O/c1-18(2,8-7-13-3-5-14(19)6-4-13)10-17(23)22-12-15(20)9-16(22)11-21/h3-6,15-16H,7-10,12H2,1-2H3. The van der Waals surface area contributed by atoms with Gasteiger partial charge in [-0.3, -0.25) is 4.79 Å². The highest BCUT2D eigenvalue weighted by Crippen LogP contribution is 2.30. The van der Waals surface area contributed by atoms with E-state index in [1.165, 1.54) is 17.0 Å². The van der Waals surface area contributed by atoms with E-state index in [0.717, 1.165) is 18.4 Å². The molecule has 2 atom stereocenters. The molecule has 0 spiro atoms. The van der Waals surface area contributed by atoms with Crippen molar-refractivity contribution in [3.8, 4) is 6.07 Å². The van der Waals surface area contributed by atoms with Gasteiger partial charge in [0.25, 0.3) is 0 Å². The lowest BCUT2D eigenvalue weighted by Crippen LogP contribution is -2.37. The molecule has 1 aliphatic rings. The Morgan fingerprint density at radius 1 is 1.39 bits per heavy atom. The zero-order valence-electron chi connectivity index (χ0n) is 13.6. The van der Waals surface area contributed by atoms with Crippen LogP contribution in [0.3, 0.4) is 0 Å². The van der Waals surface area contributed by atoms with Crippen LogP contribution in [-0.2, 0) is 11.2 Å². The maximum absolute atomic E-state index is 13.4. The smallest absolute Gasteiger partial charge is 0.224 e. The molecule has 1 aliphatic heterocycles. The summed E-state index contributed by atoms with van der Waals surface area (Å²) in [6, 6.07) is 7.70. The summed E-state index contributed by atoms with van der Waals surface area (Å²) in [5.74, 6) is -0.429. The van der Waals surface area contributed by atoms with Gasteiger partial charge in [0.05, 0.1) is 12.6 Å². The summed E-state index contributed by atoms with van der Waals surface area (Å²) in [6.45, 7) is 3.99. The Morgan fingerprint density at radius 3 is 2.65 bits per heavy atom. The van der Waals surface area contributed by atoms with Crippen LogP contribution < -0.4 is 0 Å². The topological polar surface area (TPSA) is 44.1 Å². The van der Waals surface area contributed by atoms with Gasteiger partial charge < -0.3 is 4.90 Å². The van der Waals surface area contributed by atoms with Gasteiger partial charge in [0.2, 0.25) is 5.91 Å². The van der Waals surface area contributed by atoms with E-state index in [-0.39, 0.29) is 36.5 Å². The third-order valence-corrected chi connectivity index (χ3v) is 4.35. The van der Waals surface area contributed by atoms with Crippen LogP contribution in [0.1, 0.15) is 38.7 Å². The summed E-state index contributed by atoms with van der Waals surface area (Å²) < 4.78 is 26.3. The minimum absolute atomic E-state index is 0.0190. The first-order valence-corrected chi connectivity index (χ1v) is 7.88. The highest BCUT2D eigenvalue weighted by atomic mass is 19.1. The molecule has 1 aromatic carbocycles. The second kappa shape index (κ2) is 7.08. The number of carbonyl (C=O) groups is 1. The molecule has 2 rings (SSSR count). The van der Waals surface area contributed by atoms with Crippen molar-refractivity contribution in [2.45, 2.75) is 51.7 Å². The van der Waals surface area contributed by atoms with Crippen molar-refractivity contribution in [3.63, 3.8) is 0 Å². The number of rotatable bonds is 5. The van der Waals surface area contributed by atoms with Crippen molar-refractivity contribution in [3.05, 3.63) is 35.6 Å². The average molecular weight is 320 g/mol. The Labute approximate surface area is 135 Å². The number of likely N-dealkylation sites (tertiary alicyclic amines) is 1. The van der Waals surface area contributed by atoms with Crippen molar-refractivity contribution in [2.24, 2.45) is 5.41 Å². The Balaban J connectivity index is 1.91. The molecule has 0 aliphatic carbocycles. The Morgan fingerprint density at radius 2 is 2.04 bits per heavy atom. The maximum atomic E-state index is 13.4. The predicted molar refractivity (Wildman–Crippen MR) is 83.7 cm³/mol. The van der Waals surface area contributed by atoms with E-state index < -0.39 is 12.2 Å². The normalized spacial score (nSPS) is 21.3. The molecule has 0 radical (unpaired) electrons. The molecule has 2 unspecified atom stereocenters. The summed E-state index contributed by atoms with van der Waals surface area (Å²) in [7, 11) is 0. The lowest BCUT2D eigenvalue weighted by molar-refractivity contribution is -0.133. The second-order valence-electron chi connectivity index (χ2n) is 6.99. The quantitative estimate of drug-likeness (QED) is 0.831. The van der Waals surface area contributed by atoms with Crippen molar-refractivity contribution in [1.29, 1.82) is 5.26 Å². The number of nitriles is 1. The second-order valence-corrected chi connectivity index (χ2v) is 6.99. The van der Waals surface area contributed by atoms with E-state index in [4.69, 9.17) is 5.26 Å². The van der Waals surface area contributed by atoms with Crippen LogP contribution in [0.4, 0.5) is 8.78 Å². The van der Waals surface area contributed by atoms with Crippen molar-refractivity contribution < 1.29 is 13.6 Å². The summed E-state index contributed by atoms with van der Waals surface area (Å²) in [5.41, 5.74) is 0.756. The fraction of sp³-hybridized carbons (Fsp3) is 0.556. The van der Waals surface area contributed by atoms with Crippen LogP contribution in [0.15, 0.2) is 24.3 Å². The zero-order chi connectivity index (χ0) is 17.0. The van der Waals surface area contributed by atoms with Crippen LogP contribution >= 0.6 is 0 Å². The number of benzene rings is 1. The van der Waals surface area contributed by atoms with Gasteiger partial charge >= 0.3 is 0 Å². The van der Waals surface area contributed by atoms with E-state index in [1.807, 2.05) is 19.9 Å². The van der Waals surface area contributed by atoms with Gasteiger partial charge in [0.15, 0.2) is 0 Å². The molecule has 1 fully saturated rings. The van der Waals surface area contributed by atoms with E-state index in [9.17, 15) is 13.6 Å². The van der Waals surface area contributed by atoms with Gasteiger partial charge in [-0.05, 0) is 36.0 Å². The molecule has 5 heteroatoms. The third-order valence-electron chi connectivity index (χ3n) is 4.35. The molecule has 1 aromatic rings. The number of hydrogen-bond donors (Lipinski definition) is 0. The maximum Gasteiger partial charge on any atom is 0.224 e. The molecule has 23 heavy (non-hydrogen) atoms. The third kappa shape index (κ3) is 4.75. The molecular formula is C18H22F2N2O. The highest BCUT2D eigenvalue weighted by Gasteiger charge is 2.37. The molecular weight excluding hydrogens is 298 g/mol. The lowest BCUT2D eigenvalue weighted by atomic mass is 9.82. The van der Waals surface area contributed by atoms with Gasteiger partial charge in [0, 0.05) is 12.8 Å². The van der Waals surface area contributed by atoms with Crippen LogP contribution in [-0.4, -0.2) is 29.6 Å². The van der Waals surface area contributed by atoms with E-state index in [1.54, 1.807) is 12.1 Å². The number of halogens is 2. The van der Waals surface area contributed by atoms with Crippen molar-refractivity contribution >= 4 is 5.91 Å². The fourth-order valence-corrected chi connectivity index (χ4v) is 2.92. The molecule has 0 N–H and O–H groups in total. The summed E-state index contributed by atoms with van der Waals surface area (Å²) >= 11 is 0. The van der Waals surface area contributed by atoms with Gasteiger partial charge in [-0.15, -0.1) is 0 Å². The minimum Gasteiger partial charge on any atom is -0.324 e. The first-order chi connectivity index (χ1) is 10.8. The zero-order valence-corrected chi connectivity index (χ0v) is 13.6. The first-order valence-electron chi connectivity index (χ1n) is 7.88. The number of aryl methyl sites for hydroxylation is 1. The molecule has 0 bridgehead atoms. The van der Waals surface area contributed by atoms with Gasteiger partial charge in [-0.25, -0.2) is 8.78 Å². The van der Waals surface area contributed by atoms with Crippen molar-refractivity contribution in [2.75, 3.05) is 6.54 Å². The van der Waals surface area contributed by atoms with Crippen LogP contribution in [0.2, 0.25) is 0 Å². The summed E-state index contributed by atoms with van der Waals surface area (Å²) in [5, 5.41) is 9.03. The van der Waals surface area contributed by atoms with Crippen LogP contribution in [0.25, 0.3) is 0 Å². The molecule has 1 saturated heterocycles. The Kier molecular flexibility index (Phi) is 5.35. The van der Waals surface area contributed by atoms with Gasteiger partial charge in [0.1, 0.15) is 18.0 Å². The number of hydrogen-bond acceptors (Lipinski definition) is 2. The molecule has 3 nitrogen and oxygen atoms in total. The number of amides is 1. The monoisotopic (exact) mass is 320 g/mol. The summed E-state index contributed by atoms with van der Waals surface area (Å²) in [4.78, 5) is 13.8. The molecule has 1 heterocycles. The highest BCUT2D eigenvalue weighted by molar-refractivity contribution is 5.78. The molecule has 1 amide bonds. The van der Waals surface area contributed by atoms with Gasteiger partial charge in [-0.1, -0.05) is 26.0 Å². The number of carbonyl (C=O) groups excluding carboxylic acids is 1. The number of alkyl halides is 1. The number of nitrogens with zero attached hydrogens (tertiary/aromatic N) is 2. The molecule has 0 saturated carbocycles. The molecule has 124 valence electrons. The fourth-order valence-electron chi connectivity index (χ4n) is 2.92. The van der Waals surface area contributed by atoms with E-state index >= 15 is 0 Å². The summed E-state index contributed by atoms with van der Waals surface area (Å²) in [6.07, 6.45) is 0.783. The Bertz CT molecular complexity index is 592. The van der Waals surface area contributed by atoms with Crippen LogP contribution in [0, 0.1) is 22.6 Å². The van der Waals surface area contributed by atoms with Gasteiger partial charge in [-0.2, -0.15) is 5.26 Å². The van der Waals surface area contributed by atoms with Crippen LogP contribution in [0.5, 0.6) is 0 Å². The minimum atomic E-state index is -1.11. The predicted octanol–water partition coefficient (Wildman–Crippen LogP) is 3.64. The average Bonchev–Trinajstić information content (AvgIpc) is 2.87. The van der Waals surface area contributed by atoms with Crippen molar-refractivity contribution in [1.82, 2.24) is 4.90 Å². The SMILES string of the molecule is CC(C)(CCc1ccc(F)cc1)CC(=O)N1CC(F)CC1C#N. The largest absolute Gasteiger partial charge is 0.324 e. The van der Waals surface area contributed by atoms with E-state index in [2.05, 4.69) is 0 Å². The lowest BCUT2D eigenvalue weighted by Gasteiger charge is -2.28.